The third-order valence-electron chi connectivity index (χ3n) is 1.48. The first-order chi connectivity index (χ1) is 5.54. The van der Waals surface area contributed by atoms with Gasteiger partial charge in [0.2, 0.25) is 10.0 Å². The normalized spacial score (nSPS) is 11.5. The second-order valence-corrected chi connectivity index (χ2v) is 3.94. The number of pyridine rings is 1. The van der Waals surface area contributed by atoms with Gasteiger partial charge in [0.15, 0.2) is 0 Å². The molecule has 0 fully saturated rings. The van der Waals surface area contributed by atoms with Crippen molar-refractivity contribution in [3.8, 4) is 0 Å². The summed E-state index contributed by atoms with van der Waals surface area (Å²) in [5.41, 5.74) is 0.724. The van der Waals surface area contributed by atoms with E-state index in [1.807, 2.05) is 6.92 Å². The van der Waals surface area contributed by atoms with E-state index in [1.165, 1.54) is 18.3 Å². The van der Waals surface area contributed by atoms with E-state index in [-0.39, 0.29) is 4.90 Å². The highest BCUT2D eigenvalue weighted by Crippen LogP contribution is 2.06. The highest BCUT2D eigenvalue weighted by molar-refractivity contribution is 7.89. The van der Waals surface area contributed by atoms with E-state index >= 15 is 0 Å². The molecule has 0 aromatic carbocycles. The maximum atomic E-state index is 10.9. The first-order valence-electron chi connectivity index (χ1n) is 3.51. The summed E-state index contributed by atoms with van der Waals surface area (Å²) in [5.74, 6) is 0. The van der Waals surface area contributed by atoms with Crippen LogP contribution in [-0.4, -0.2) is 13.4 Å². The summed E-state index contributed by atoms with van der Waals surface area (Å²) in [5, 5.41) is 4.92. The lowest BCUT2D eigenvalue weighted by molar-refractivity contribution is 0.597. The van der Waals surface area contributed by atoms with Crippen molar-refractivity contribution in [2.75, 3.05) is 0 Å². The van der Waals surface area contributed by atoms with Crippen LogP contribution in [0, 0.1) is 0 Å². The Morgan fingerprint density at radius 2 is 2.25 bits per heavy atom. The minimum atomic E-state index is -3.58. The van der Waals surface area contributed by atoms with Crippen LogP contribution in [0.2, 0.25) is 0 Å². The molecular weight excluding hydrogens is 176 g/mol. The topological polar surface area (TPSA) is 73.1 Å². The number of nitrogens with two attached hydrogens (primary N) is 1. The van der Waals surface area contributed by atoms with Crippen LogP contribution in [0.3, 0.4) is 0 Å². The molecule has 0 aliphatic carbocycles. The number of rotatable bonds is 2. The van der Waals surface area contributed by atoms with Crippen LogP contribution in [0.1, 0.15) is 12.6 Å². The van der Waals surface area contributed by atoms with Crippen LogP contribution in [-0.2, 0) is 16.4 Å². The molecule has 0 saturated heterocycles. The number of aromatic nitrogens is 1. The van der Waals surface area contributed by atoms with Crippen molar-refractivity contribution in [2.45, 2.75) is 18.2 Å². The monoisotopic (exact) mass is 186 g/mol. The molecule has 0 spiro atoms. The first kappa shape index (κ1) is 9.15. The van der Waals surface area contributed by atoms with E-state index in [4.69, 9.17) is 5.14 Å². The predicted octanol–water partition coefficient (Wildman–Crippen LogP) is 0.291. The molecule has 1 aromatic heterocycles. The molecule has 1 rings (SSSR count). The minimum absolute atomic E-state index is 0.120. The Bertz CT molecular complexity index is 373. The highest BCUT2D eigenvalue weighted by atomic mass is 32.2. The van der Waals surface area contributed by atoms with Gasteiger partial charge >= 0.3 is 0 Å². The lowest BCUT2D eigenvalue weighted by Gasteiger charge is -1.99. The third-order valence-corrected chi connectivity index (χ3v) is 2.39. The lowest BCUT2D eigenvalue weighted by Crippen LogP contribution is -2.12. The molecule has 0 radical (unpaired) electrons. The van der Waals surface area contributed by atoms with Crippen LogP contribution < -0.4 is 5.14 Å². The van der Waals surface area contributed by atoms with E-state index in [0.29, 0.717) is 6.42 Å². The maximum absolute atomic E-state index is 10.9. The zero-order valence-corrected chi connectivity index (χ0v) is 7.50. The summed E-state index contributed by atoms with van der Waals surface area (Å²) >= 11 is 0. The Balaban J connectivity index is 3.20. The van der Waals surface area contributed by atoms with E-state index in [0.717, 1.165) is 5.69 Å². The van der Waals surface area contributed by atoms with Crippen molar-refractivity contribution >= 4 is 10.0 Å². The van der Waals surface area contributed by atoms with Gasteiger partial charge in [0.05, 0.1) is 4.90 Å². The molecule has 0 aliphatic rings. The molecule has 0 aliphatic heterocycles. The van der Waals surface area contributed by atoms with Crippen molar-refractivity contribution in [1.29, 1.82) is 0 Å². The Hall–Kier alpha value is -0.940. The van der Waals surface area contributed by atoms with Gasteiger partial charge in [0, 0.05) is 11.9 Å². The number of sulfonamides is 1. The molecule has 1 heterocycles. The Morgan fingerprint density at radius 1 is 1.58 bits per heavy atom. The zero-order valence-electron chi connectivity index (χ0n) is 6.69. The number of hydrogen-bond acceptors (Lipinski definition) is 3. The zero-order chi connectivity index (χ0) is 9.19. The molecule has 0 unspecified atom stereocenters. The van der Waals surface area contributed by atoms with Crippen molar-refractivity contribution in [1.82, 2.24) is 4.98 Å². The van der Waals surface area contributed by atoms with Crippen molar-refractivity contribution in [3.05, 3.63) is 24.0 Å². The molecule has 0 atom stereocenters. The number of primary sulfonamides is 1. The standard InChI is InChI=1S/C7H10N2O2S/c1-2-6-5-7(3-4-9-6)12(8,10)11/h3-5H,2H2,1H3,(H2,8,10,11). The van der Waals surface area contributed by atoms with Crippen molar-refractivity contribution in [2.24, 2.45) is 5.14 Å². The van der Waals surface area contributed by atoms with E-state index in [9.17, 15) is 8.42 Å². The van der Waals surface area contributed by atoms with Crippen LogP contribution in [0.25, 0.3) is 0 Å². The minimum Gasteiger partial charge on any atom is -0.261 e. The molecule has 66 valence electrons. The van der Waals surface area contributed by atoms with E-state index in [1.54, 1.807) is 0 Å². The van der Waals surface area contributed by atoms with Gasteiger partial charge in [-0.15, -0.1) is 0 Å². The third kappa shape index (κ3) is 2.02. The van der Waals surface area contributed by atoms with Crippen LogP contribution in [0.15, 0.2) is 23.2 Å². The SMILES string of the molecule is CCc1cc(S(N)(=O)=O)ccn1. The fraction of sp³-hybridized carbons (Fsp3) is 0.286. The summed E-state index contributed by atoms with van der Waals surface area (Å²) in [4.78, 5) is 4.07. The molecule has 1 aromatic rings. The number of aryl methyl sites for hydroxylation is 1. The van der Waals surface area contributed by atoms with Gasteiger partial charge in [0.1, 0.15) is 0 Å². The average molecular weight is 186 g/mol. The summed E-state index contributed by atoms with van der Waals surface area (Å²) in [6.45, 7) is 1.90. The summed E-state index contributed by atoms with van der Waals surface area (Å²) in [7, 11) is -3.58. The summed E-state index contributed by atoms with van der Waals surface area (Å²) in [6, 6.07) is 2.86. The first-order valence-corrected chi connectivity index (χ1v) is 5.06. The Morgan fingerprint density at radius 3 is 2.75 bits per heavy atom. The smallest absolute Gasteiger partial charge is 0.238 e. The summed E-state index contributed by atoms with van der Waals surface area (Å²) in [6.07, 6.45) is 2.14. The van der Waals surface area contributed by atoms with Gasteiger partial charge < -0.3 is 0 Å². The van der Waals surface area contributed by atoms with Gasteiger partial charge in [-0.3, -0.25) is 4.98 Å². The molecule has 0 saturated carbocycles. The average Bonchev–Trinajstić information content (AvgIpc) is 2.03. The molecule has 0 amide bonds. The molecule has 4 nitrogen and oxygen atoms in total. The fourth-order valence-electron chi connectivity index (χ4n) is 0.826. The van der Waals surface area contributed by atoms with Crippen LogP contribution in [0.5, 0.6) is 0 Å². The van der Waals surface area contributed by atoms with Crippen LogP contribution in [0.4, 0.5) is 0 Å². The highest BCUT2D eigenvalue weighted by Gasteiger charge is 2.07. The fourth-order valence-corrected chi connectivity index (χ4v) is 1.38. The number of nitrogens with zero attached hydrogens (tertiary/aromatic N) is 1. The predicted molar refractivity (Wildman–Crippen MR) is 45.0 cm³/mol. The van der Waals surface area contributed by atoms with Crippen molar-refractivity contribution < 1.29 is 8.42 Å². The second-order valence-electron chi connectivity index (χ2n) is 2.38. The Kier molecular flexibility index (Phi) is 2.44. The molecule has 2 N–H and O–H groups in total. The number of hydrogen-bond donors (Lipinski definition) is 1. The molecule has 12 heavy (non-hydrogen) atoms. The molecule has 0 bridgehead atoms. The lowest BCUT2D eigenvalue weighted by atomic mass is 10.3. The van der Waals surface area contributed by atoms with Crippen molar-refractivity contribution in [3.63, 3.8) is 0 Å². The van der Waals surface area contributed by atoms with Gasteiger partial charge in [-0.1, -0.05) is 6.92 Å². The summed E-state index contributed by atoms with van der Waals surface area (Å²) < 4.78 is 21.7. The van der Waals surface area contributed by atoms with Crippen LogP contribution >= 0.6 is 0 Å². The van der Waals surface area contributed by atoms with E-state index in [2.05, 4.69) is 4.98 Å². The second kappa shape index (κ2) is 3.20. The maximum Gasteiger partial charge on any atom is 0.238 e. The van der Waals surface area contributed by atoms with E-state index < -0.39 is 10.0 Å². The largest absolute Gasteiger partial charge is 0.261 e. The Labute approximate surface area is 71.5 Å². The quantitative estimate of drug-likeness (QED) is 0.721. The molecule has 5 heteroatoms. The van der Waals surface area contributed by atoms with Gasteiger partial charge in [0.25, 0.3) is 0 Å². The van der Waals surface area contributed by atoms with Gasteiger partial charge in [-0.2, -0.15) is 0 Å². The van der Waals surface area contributed by atoms with Gasteiger partial charge in [-0.25, -0.2) is 13.6 Å². The molecular formula is C7H10N2O2S. The van der Waals surface area contributed by atoms with Gasteiger partial charge in [-0.05, 0) is 18.6 Å².